The van der Waals surface area contributed by atoms with Gasteiger partial charge in [-0.3, -0.25) is 4.79 Å². The molecule has 0 aliphatic rings. The zero-order valence-electron chi connectivity index (χ0n) is 14.0. The van der Waals surface area contributed by atoms with Crippen LogP contribution in [0.15, 0.2) is 84.9 Å². The molecule has 3 aromatic carbocycles. The average Bonchev–Trinajstić information content (AvgIpc) is 3.12. The predicted molar refractivity (Wildman–Crippen MR) is 106 cm³/mol. The number of hydrogen-bond donors (Lipinski definition) is 2. The zero-order chi connectivity index (χ0) is 17.8. The number of benzene rings is 3. The Labute approximate surface area is 151 Å². The summed E-state index contributed by atoms with van der Waals surface area (Å²) >= 11 is 0. The van der Waals surface area contributed by atoms with E-state index < -0.39 is 0 Å². The number of para-hydroxylation sites is 2. The van der Waals surface area contributed by atoms with Gasteiger partial charge in [0, 0.05) is 17.3 Å². The molecule has 4 nitrogen and oxygen atoms in total. The van der Waals surface area contributed by atoms with Gasteiger partial charge in [-0.1, -0.05) is 54.6 Å². The van der Waals surface area contributed by atoms with Crippen LogP contribution in [0.25, 0.3) is 28.5 Å². The molecule has 0 fully saturated rings. The summed E-state index contributed by atoms with van der Waals surface area (Å²) in [7, 11) is 0. The minimum Gasteiger partial charge on any atom is -0.338 e. The fourth-order valence-corrected chi connectivity index (χ4v) is 2.75. The third kappa shape index (κ3) is 3.54. The largest absolute Gasteiger partial charge is 0.338 e. The molecule has 0 spiro atoms. The van der Waals surface area contributed by atoms with Crippen molar-refractivity contribution in [1.29, 1.82) is 0 Å². The van der Waals surface area contributed by atoms with Gasteiger partial charge in [0.15, 0.2) is 0 Å². The second-order valence-electron chi connectivity index (χ2n) is 5.92. The molecular weight excluding hydrogens is 322 g/mol. The molecule has 126 valence electrons. The summed E-state index contributed by atoms with van der Waals surface area (Å²) < 4.78 is 0. The number of aromatic amines is 1. The Morgan fingerprint density at radius 1 is 0.923 bits per heavy atom. The number of carbonyl (C=O) groups excluding carboxylic acids is 1. The zero-order valence-corrected chi connectivity index (χ0v) is 14.0. The van der Waals surface area contributed by atoms with Crippen molar-refractivity contribution in [3.05, 3.63) is 90.5 Å². The highest BCUT2D eigenvalue weighted by Gasteiger charge is 2.06. The molecular formula is C22H17N3O. The summed E-state index contributed by atoms with van der Waals surface area (Å²) in [6.45, 7) is 0. The van der Waals surface area contributed by atoms with Gasteiger partial charge in [0.05, 0.1) is 11.0 Å². The molecule has 0 saturated heterocycles. The van der Waals surface area contributed by atoms with Crippen molar-refractivity contribution < 1.29 is 4.79 Å². The van der Waals surface area contributed by atoms with E-state index in [2.05, 4.69) is 15.3 Å². The number of nitrogens with one attached hydrogen (secondary N) is 2. The standard InChI is InChI=1S/C22H17N3O/c26-21(14-13-16-7-2-1-3-8-16)23-18-10-6-9-17(15-18)22-24-19-11-4-5-12-20(19)25-22/h1-15H,(H,23,26)(H,24,25)/b14-13+. The first kappa shape index (κ1) is 15.8. The number of carbonyl (C=O) groups is 1. The fraction of sp³-hybridized carbons (Fsp3) is 0. The van der Waals surface area contributed by atoms with Crippen molar-refractivity contribution in [2.24, 2.45) is 0 Å². The molecule has 0 unspecified atom stereocenters. The van der Waals surface area contributed by atoms with E-state index in [1.807, 2.05) is 78.9 Å². The normalized spacial score (nSPS) is 11.1. The highest BCUT2D eigenvalue weighted by molar-refractivity contribution is 6.02. The Morgan fingerprint density at radius 3 is 2.58 bits per heavy atom. The van der Waals surface area contributed by atoms with Crippen molar-refractivity contribution >= 4 is 28.7 Å². The van der Waals surface area contributed by atoms with Crippen LogP contribution in [0.1, 0.15) is 5.56 Å². The maximum Gasteiger partial charge on any atom is 0.248 e. The molecule has 1 aromatic heterocycles. The van der Waals surface area contributed by atoms with Crippen LogP contribution in [0, 0.1) is 0 Å². The summed E-state index contributed by atoms with van der Waals surface area (Å²) in [4.78, 5) is 20.1. The topological polar surface area (TPSA) is 57.8 Å². The van der Waals surface area contributed by atoms with Gasteiger partial charge in [0.1, 0.15) is 5.82 Å². The summed E-state index contributed by atoms with van der Waals surface area (Å²) in [5, 5.41) is 2.89. The molecule has 1 amide bonds. The number of rotatable bonds is 4. The summed E-state index contributed by atoms with van der Waals surface area (Å²) in [6.07, 6.45) is 3.32. The van der Waals surface area contributed by atoms with Gasteiger partial charge in [0.25, 0.3) is 0 Å². The lowest BCUT2D eigenvalue weighted by Gasteiger charge is -2.04. The second-order valence-corrected chi connectivity index (χ2v) is 5.92. The van der Waals surface area contributed by atoms with Crippen LogP contribution in [-0.2, 0) is 4.79 Å². The predicted octanol–water partition coefficient (Wildman–Crippen LogP) is 4.88. The molecule has 0 aliphatic heterocycles. The monoisotopic (exact) mass is 339 g/mol. The maximum absolute atomic E-state index is 12.2. The van der Waals surface area contributed by atoms with E-state index in [4.69, 9.17) is 0 Å². The molecule has 0 radical (unpaired) electrons. The van der Waals surface area contributed by atoms with E-state index in [-0.39, 0.29) is 5.91 Å². The Hall–Kier alpha value is -3.66. The number of amides is 1. The fourth-order valence-electron chi connectivity index (χ4n) is 2.75. The second kappa shape index (κ2) is 7.07. The van der Waals surface area contributed by atoms with Gasteiger partial charge in [-0.2, -0.15) is 0 Å². The van der Waals surface area contributed by atoms with Gasteiger partial charge in [-0.25, -0.2) is 4.98 Å². The quantitative estimate of drug-likeness (QED) is 0.521. The first-order valence-corrected chi connectivity index (χ1v) is 8.37. The number of fused-ring (bicyclic) bond motifs is 1. The number of aromatic nitrogens is 2. The van der Waals surface area contributed by atoms with Crippen molar-refractivity contribution in [2.75, 3.05) is 5.32 Å². The van der Waals surface area contributed by atoms with Gasteiger partial charge in [-0.15, -0.1) is 0 Å². The molecule has 2 N–H and O–H groups in total. The van der Waals surface area contributed by atoms with E-state index in [1.165, 1.54) is 6.08 Å². The number of imidazole rings is 1. The van der Waals surface area contributed by atoms with Crippen LogP contribution in [0.3, 0.4) is 0 Å². The lowest BCUT2D eigenvalue weighted by Crippen LogP contribution is -2.07. The molecule has 0 bridgehead atoms. The van der Waals surface area contributed by atoms with Crippen LogP contribution >= 0.6 is 0 Å². The van der Waals surface area contributed by atoms with Crippen LogP contribution in [0.4, 0.5) is 5.69 Å². The Bertz CT molecular complexity index is 1050. The molecule has 0 atom stereocenters. The van der Waals surface area contributed by atoms with Crippen LogP contribution < -0.4 is 5.32 Å². The van der Waals surface area contributed by atoms with Crippen molar-refractivity contribution in [3.8, 4) is 11.4 Å². The number of anilines is 1. The third-order valence-electron chi connectivity index (χ3n) is 4.02. The molecule has 0 saturated carbocycles. The smallest absolute Gasteiger partial charge is 0.248 e. The summed E-state index contributed by atoms with van der Waals surface area (Å²) in [6, 6.07) is 25.3. The number of H-pyrrole nitrogens is 1. The molecule has 1 heterocycles. The lowest BCUT2D eigenvalue weighted by molar-refractivity contribution is -0.111. The average molecular weight is 339 g/mol. The van der Waals surface area contributed by atoms with Gasteiger partial charge in [-0.05, 0) is 35.9 Å². The van der Waals surface area contributed by atoms with Crippen molar-refractivity contribution in [2.45, 2.75) is 0 Å². The first-order chi connectivity index (χ1) is 12.8. The lowest BCUT2D eigenvalue weighted by atomic mass is 10.2. The molecule has 0 aliphatic carbocycles. The SMILES string of the molecule is O=C(/C=C/c1ccccc1)Nc1cccc(-c2nc3ccccc3[nH]2)c1. The van der Waals surface area contributed by atoms with Crippen LogP contribution in [0.2, 0.25) is 0 Å². The molecule has 4 rings (SSSR count). The number of nitrogens with zero attached hydrogens (tertiary/aromatic N) is 1. The molecule has 26 heavy (non-hydrogen) atoms. The van der Waals surface area contributed by atoms with Gasteiger partial charge in [0.2, 0.25) is 5.91 Å². The van der Waals surface area contributed by atoms with E-state index in [0.29, 0.717) is 0 Å². The minimum absolute atomic E-state index is 0.171. The summed E-state index contributed by atoms with van der Waals surface area (Å²) in [5.41, 5.74) is 4.54. The van der Waals surface area contributed by atoms with E-state index >= 15 is 0 Å². The van der Waals surface area contributed by atoms with E-state index in [0.717, 1.165) is 33.7 Å². The van der Waals surface area contributed by atoms with Crippen molar-refractivity contribution in [1.82, 2.24) is 9.97 Å². The Balaban J connectivity index is 1.52. The van der Waals surface area contributed by atoms with Crippen LogP contribution in [-0.4, -0.2) is 15.9 Å². The van der Waals surface area contributed by atoms with E-state index in [9.17, 15) is 4.79 Å². The highest BCUT2D eigenvalue weighted by atomic mass is 16.1. The Kier molecular flexibility index (Phi) is 4.31. The molecule has 4 heteroatoms. The highest BCUT2D eigenvalue weighted by Crippen LogP contribution is 2.23. The van der Waals surface area contributed by atoms with Crippen LogP contribution in [0.5, 0.6) is 0 Å². The Morgan fingerprint density at radius 2 is 1.73 bits per heavy atom. The van der Waals surface area contributed by atoms with E-state index in [1.54, 1.807) is 6.08 Å². The minimum atomic E-state index is -0.171. The molecule has 4 aromatic rings. The third-order valence-corrected chi connectivity index (χ3v) is 4.02. The number of hydrogen-bond acceptors (Lipinski definition) is 2. The maximum atomic E-state index is 12.2. The van der Waals surface area contributed by atoms with Crippen molar-refractivity contribution in [3.63, 3.8) is 0 Å². The van der Waals surface area contributed by atoms with Gasteiger partial charge >= 0.3 is 0 Å². The van der Waals surface area contributed by atoms with Gasteiger partial charge < -0.3 is 10.3 Å². The first-order valence-electron chi connectivity index (χ1n) is 8.37. The summed E-state index contributed by atoms with van der Waals surface area (Å²) in [5.74, 6) is 0.609.